The van der Waals surface area contributed by atoms with Crippen molar-refractivity contribution in [2.75, 3.05) is 0 Å². The van der Waals surface area contributed by atoms with Gasteiger partial charge in [0.2, 0.25) is 0 Å². The Bertz CT molecular complexity index is 843. The van der Waals surface area contributed by atoms with Crippen molar-refractivity contribution in [3.63, 3.8) is 0 Å². The van der Waals surface area contributed by atoms with Crippen LogP contribution in [-0.4, -0.2) is 31.0 Å². The Hall–Kier alpha value is -2.80. The Labute approximate surface area is 137 Å². The fourth-order valence-corrected chi connectivity index (χ4v) is 2.40. The molecule has 0 fully saturated rings. The monoisotopic (exact) mass is 328 g/mol. The third-order valence-corrected chi connectivity index (χ3v) is 3.70. The lowest BCUT2D eigenvalue weighted by molar-refractivity contribution is 0.138. The molecule has 3 aromatic rings. The van der Waals surface area contributed by atoms with Gasteiger partial charge in [-0.2, -0.15) is 9.36 Å². The van der Waals surface area contributed by atoms with E-state index in [-0.39, 0.29) is 6.54 Å². The summed E-state index contributed by atoms with van der Waals surface area (Å²) < 4.78 is 15.1. The number of nitrogens with zero attached hydrogens (tertiary/aromatic N) is 4. The minimum atomic E-state index is -0.707. The number of benzene rings is 2. The predicted octanol–water partition coefficient (Wildman–Crippen LogP) is 1.56. The Morgan fingerprint density at radius 3 is 2.46 bits per heavy atom. The number of hydrogen-bond donors (Lipinski definition) is 1. The van der Waals surface area contributed by atoms with Gasteiger partial charge in [-0.1, -0.05) is 30.3 Å². The first-order valence-corrected chi connectivity index (χ1v) is 7.64. The second-order valence-electron chi connectivity index (χ2n) is 5.51. The van der Waals surface area contributed by atoms with Gasteiger partial charge in [0, 0.05) is 0 Å². The molecule has 1 N–H and O–H groups in total. The van der Waals surface area contributed by atoms with Crippen LogP contribution in [-0.2, 0) is 13.0 Å². The van der Waals surface area contributed by atoms with E-state index < -0.39 is 17.6 Å². The number of aliphatic hydroxyl groups is 1. The summed E-state index contributed by atoms with van der Waals surface area (Å²) in [7, 11) is 0. The average Bonchev–Trinajstić information content (AvgIpc) is 2.95. The highest BCUT2D eigenvalue weighted by molar-refractivity contribution is 5.29. The van der Waals surface area contributed by atoms with Crippen molar-refractivity contribution in [2.45, 2.75) is 25.5 Å². The molecule has 1 aromatic heterocycles. The third-order valence-electron chi connectivity index (χ3n) is 3.70. The van der Waals surface area contributed by atoms with Gasteiger partial charge in [0.05, 0.1) is 18.3 Å². The van der Waals surface area contributed by atoms with Crippen LogP contribution in [0.1, 0.15) is 12.0 Å². The van der Waals surface area contributed by atoms with Crippen LogP contribution in [0.4, 0.5) is 4.39 Å². The molecule has 1 heterocycles. The summed E-state index contributed by atoms with van der Waals surface area (Å²) in [5, 5.41) is 17.7. The van der Waals surface area contributed by atoms with E-state index >= 15 is 0 Å². The zero-order chi connectivity index (χ0) is 16.9. The summed E-state index contributed by atoms with van der Waals surface area (Å²) in [5.74, 6) is -0.393. The molecule has 7 heteroatoms. The molecule has 124 valence electrons. The summed E-state index contributed by atoms with van der Waals surface area (Å²) in [6.07, 6.45) is 0.518. The highest BCUT2D eigenvalue weighted by atomic mass is 19.1. The van der Waals surface area contributed by atoms with Gasteiger partial charge >= 0.3 is 5.69 Å². The topological polar surface area (TPSA) is 72.9 Å². The lowest BCUT2D eigenvalue weighted by Gasteiger charge is -2.09. The summed E-state index contributed by atoms with van der Waals surface area (Å²) in [6, 6.07) is 15.2. The molecule has 0 saturated heterocycles. The first-order chi connectivity index (χ1) is 11.6. The maximum Gasteiger partial charge on any atom is 0.368 e. The second-order valence-corrected chi connectivity index (χ2v) is 5.51. The van der Waals surface area contributed by atoms with Crippen LogP contribution in [0.5, 0.6) is 0 Å². The van der Waals surface area contributed by atoms with Crippen molar-refractivity contribution in [1.82, 2.24) is 19.8 Å². The van der Waals surface area contributed by atoms with Gasteiger partial charge in [-0.05, 0) is 53.1 Å². The zero-order valence-corrected chi connectivity index (χ0v) is 12.9. The number of aromatic nitrogens is 4. The van der Waals surface area contributed by atoms with Crippen LogP contribution in [0.15, 0.2) is 59.4 Å². The first kappa shape index (κ1) is 16.1. The fraction of sp³-hybridized carbons (Fsp3) is 0.235. The zero-order valence-electron chi connectivity index (χ0n) is 12.9. The molecule has 3 rings (SSSR count). The van der Waals surface area contributed by atoms with Gasteiger partial charge in [-0.25, -0.2) is 9.18 Å². The van der Waals surface area contributed by atoms with Crippen LogP contribution < -0.4 is 5.69 Å². The Morgan fingerprint density at radius 1 is 1.04 bits per heavy atom. The maximum atomic E-state index is 12.9. The number of halogens is 1. The number of aryl methyl sites for hydroxylation is 1. The highest BCUT2D eigenvalue weighted by Gasteiger charge is 2.13. The molecule has 1 atom stereocenters. The van der Waals surface area contributed by atoms with Gasteiger partial charge in [0.1, 0.15) is 5.82 Å². The minimum Gasteiger partial charge on any atom is -0.391 e. The number of tetrazole rings is 1. The quantitative estimate of drug-likeness (QED) is 0.745. The summed E-state index contributed by atoms with van der Waals surface area (Å²) >= 11 is 0. The molecular formula is C17H17FN4O2. The average molecular weight is 328 g/mol. The summed E-state index contributed by atoms with van der Waals surface area (Å²) in [5.41, 5.74) is 1.07. The van der Waals surface area contributed by atoms with Gasteiger partial charge < -0.3 is 5.11 Å². The van der Waals surface area contributed by atoms with E-state index in [1.807, 2.05) is 30.3 Å². The van der Waals surface area contributed by atoms with Crippen LogP contribution >= 0.6 is 0 Å². The third kappa shape index (κ3) is 3.75. The molecule has 0 radical (unpaired) electrons. The van der Waals surface area contributed by atoms with Crippen molar-refractivity contribution in [3.05, 3.63) is 76.5 Å². The van der Waals surface area contributed by atoms with Crippen molar-refractivity contribution < 1.29 is 9.50 Å². The molecule has 2 aromatic carbocycles. The van der Waals surface area contributed by atoms with Crippen LogP contribution in [0.25, 0.3) is 5.69 Å². The molecule has 0 saturated carbocycles. The SMILES string of the molecule is O=c1n(CC(O)CCc2ccccc2)nnn1-c1ccc(F)cc1. The normalized spacial score (nSPS) is 12.2. The molecule has 0 amide bonds. The van der Waals surface area contributed by atoms with Gasteiger partial charge in [-0.15, -0.1) is 0 Å². The largest absolute Gasteiger partial charge is 0.391 e. The van der Waals surface area contributed by atoms with Crippen molar-refractivity contribution in [2.24, 2.45) is 0 Å². The van der Waals surface area contributed by atoms with E-state index in [4.69, 9.17) is 0 Å². The molecule has 0 aliphatic carbocycles. The Balaban J connectivity index is 1.65. The van der Waals surface area contributed by atoms with Crippen LogP contribution in [0.3, 0.4) is 0 Å². The van der Waals surface area contributed by atoms with E-state index in [0.717, 1.165) is 14.9 Å². The molecule has 6 nitrogen and oxygen atoms in total. The van der Waals surface area contributed by atoms with Crippen molar-refractivity contribution in [3.8, 4) is 5.69 Å². The van der Waals surface area contributed by atoms with E-state index in [1.54, 1.807) is 0 Å². The van der Waals surface area contributed by atoms with Crippen LogP contribution in [0.2, 0.25) is 0 Å². The molecule has 0 aliphatic rings. The lowest BCUT2D eigenvalue weighted by Crippen LogP contribution is -2.29. The van der Waals surface area contributed by atoms with Crippen molar-refractivity contribution in [1.29, 1.82) is 0 Å². The van der Waals surface area contributed by atoms with Gasteiger partial charge in [0.25, 0.3) is 0 Å². The predicted molar refractivity (Wildman–Crippen MR) is 86.3 cm³/mol. The first-order valence-electron chi connectivity index (χ1n) is 7.64. The van der Waals surface area contributed by atoms with Gasteiger partial charge in [-0.3, -0.25) is 0 Å². The fourth-order valence-electron chi connectivity index (χ4n) is 2.40. The molecule has 0 aliphatic heterocycles. The highest BCUT2D eigenvalue weighted by Crippen LogP contribution is 2.07. The summed E-state index contributed by atoms with van der Waals surface area (Å²) in [4.78, 5) is 12.3. The van der Waals surface area contributed by atoms with Gasteiger partial charge in [0.15, 0.2) is 0 Å². The Kier molecular flexibility index (Phi) is 4.81. The lowest BCUT2D eigenvalue weighted by atomic mass is 10.1. The van der Waals surface area contributed by atoms with E-state index in [0.29, 0.717) is 18.5 Å². The van der Waals surface area contributed by atoms with E-state index in [1.165, 1.54) is 24.3 Å². The molecular weight excluding hydrogens is 311 g/mol. The number of rotatable bonds is 6. The smallest absolute Gasteiger partial charge is 0.368 e. The summed E-state index contributed by atoms with van der Waals surface area (Å²) in [6.45, 7) is 0.0624. The van der Waals surface area contributed by atoms with Crippen molar-refractivity contribution >= 4 is 0 Å². The second kappa shape index (κ2) is 7.18. The molecule has 24 heavy (non-hydrogen) atoms. The molecule has 0 bridgehead atoms. The number of aliphatic hydroxyl groups excluding tert-OH is 1. The standard InChI is InChI=1S/C17H17FN4O2/c18-14-7-9-15(10-8-14)22-17(24)21(19-20-22)12-16(23)11-6-13-4-2-1-3-5-13/h1-5,7-10,16,23H,6,11-12H2. The number of hydrogen-bond acceptors (Lipinski definition) is 4. The maximum absolute atomic E-state index is 12.9. The van der Waals surface area contributed by atoms with E-state index in [9.17, 15) is 14.3 Å². The molecule has 0 spiro atoms. The van der Waals surface area contributed by atoms with Crippen LogP contribution in [0, 0.1) is 5.82 Å². The Morgan fingerprint density at radius 2 is 1.75 bits per heavy atom. The molecule has 1 unspecified atom stereocenters. The van der Waals surface area contributed by atoms with E-state index in [2.05, 4.69) is 10.4 Å². The minimum absolute atomic E-state index is 0.0624.